The van der Waals surface area contributed by atoms with Crippen LogP contribution in [0.4, 0.5) is 0 Å². The Kier molecular flexibility index (Phi) is 7.23. The van der Waals surface area contributed by atoms with Gasteiger partial charge in [0.05, 0.1) is 7.11 Å². The van der Waals surface area contributed by atoms with Crippen LogP contribution in [-0.2, 0) is 12.3 Å². The average molecular weight is 430 g/mol. The largest absolute Gasteiger partial charge is 0.497 e. The summed E-state index contributed by atoms with van der Waals surface area (Å²) in [6, 6.07) is 13.6. The monoisotopic (exact) mass is 429 g/mol. The van der Waals surface area contributed by atoms with Crippen molar-refractivity contribution in [1.82, 2.24) is 14.8 Å². The second-order valence-electron chi connectivity index (χ2n) is 6.55. The topological polar surface area (TPSA) is 49.2 Å². The summed E-state index contributed by atoms with van der Waals surface area (Å²) in [6.07, 6.45) is 1.57. The van der Waals surface area contributed by atoms with E-state index >= 15 is 0 Å². The van der Waals surface area contributed by atoms with Gasteiger partial charge >= 0.3 is 0 Å². The molecule has 1 unspecified atom stereocenters. The first kappa shape index (κ1) is 21.3. The van der Waals surface area contributed by atoms with Gasteiger partial charge in [-0.25, -0.2) is 0 Å². The average Bonchev–Trinajstić information content (AvgIpc) is 3.11. The van der Waals surface area contributed by atoms with Crippen molar-refractivity contribution < 1.29 is 9.47 Å². The fraction of sp³-hybridized carbons (Fsp3) is 0.273. The van der Waals surface area contributed by atoms with Crippen molar-refractivity contribution in [2.75, 3.05) is 7.11 Å². The van der Waals surface area contributed by atoms with E-state index in [9.17, 15) is 0 Å². The number of rotatable bonds is 9. The number of aryl methyl sites for hydroxylation is 1. The van der Waals surface area contributed by atoms with E-state index in [1.54, 1.807) is 18.9 Å². The molecule has 2 aromatic carbocycles. The van der Waals surface area contributed by atoms with Crippen molar-refractivity contribution in [1.29, 1.82) is 0 Å². The molecular formula is C22H24ClN3O2S. The molecule has 1 atom stereocenters. The molecule has 0 radical (unpaired) electrons. The van der Waals surface area contributed by atoms with Crippen LogP contribution in [0.15, 0.2) is 60.3 Å². The zero-order valence-corrected chi connectivity index (χ0v) is 18.3. The van der Waals surface area contributed by atoms with Crippen molar-refractivity contribution in [3.05, 3.63) is 77.1 Å². The fourth-order valence-electron chi connectivity index (χ4n) is 2.91. The zero-order chi connectivity index (χ0) is 20.8. The number of hydrogen-bond acceptors (Lipinski definition) is 5. The molecule has 0 spiro atoms. The highest BCUT2D eigenvalue weighted by atomic mass is 35.5. The van der Waals surface area contributed by atoms with E-state index in [2.05, 4.69) is 22.8 Å². The Morgan fingerprint density at radius 3 is 2.79 bits per heavy atom. The number of allylic oxidation sites excluding steroid dienone is 1. The van der Waals surface area contributed by atoms with Crippen LogP contribution in [-0.4, -0.2) is 21.9 Å². The van der Waals surface area contributed by atoms with Crippen LogP contribution in [0.3, 0.4) is 0 Å². The summed E-state index contributed by atoms with van der Waals surface area (Å²) in [7, 11) is 1.67. The summed E-state index contributed by atoms with van der Waals surface area (Å²) in [6.45, 7) is 8.41. The third kappa shape index (κ3) is 5.34. The molecule has 5 nitrogen and oxygen atoms in total. The van der Waals surface area contributed by atoms with Crippen molar-refractivity contribution in [2.45, 2.75) is 37.4 Å². The molecule has 0 N–H and O–H groups in total. The Hall–Kier alpha value is -2.44. The molecule has 7 heteroatoms. The Morgan fingerprint density at radius 2 is 2.07 bits per heavy atom. The van der Waals surface area contributed by atoms with E-state index in [0.717, 1.165) is 39.4 Å². The number of halogens is 1. The molecular weight excluding hydrogens is 406 g/mol. The molecule has 0 fully saturated rings. The van der Waals surface area contributed by atoms with Gasteiger partial charge < -0.3 is 9.47 Å². The van der Waals surface area contributed by atoms with Crippen LogP contribution in [0.25, 0.3) is 0 Å². The van der Waals surface area contributed by atoms with Gasteiger partial charge in [0, 0.05) is 17.3 Å². The summed E-state index contributed by atoms with van der Waals surface area (Å²) in [5, 5.41) is 10.3. The van der Waals surface area contributed by atoms with Crippen LogP contribution >= 0.6 is 23.4 Å². The second-order valence-corrected chi connectivity index (χ2v) is 7.93. The molecule has 0 aliphatic rings. The Bertz CT molecular complexity index is 990. The zero-order valence-electron chi connectivity index (χ0n) is 16.8. The van der Waals surface area contributed by atoms with Crippen molar-refractivity contribution in [3.8, 4) is 11.5 Å². The predicted octanol–water partition coefficient (Wildman–Crippen LogP) is 5.87. The molecule has 0 aliphatic carbocycles. The van der Waals surface area contributed by atoms with Crippen LogP contribution in [0.2, 0.25) is 5.02 Å². The minimum atomic E-state index is -0.270. The van der Waals surface area contributed by atoms with Gasteiger partial charge in [-0.05, 0) is 55.3 Å². The van der Waals surface area contributed by atoms with Gasteiger partial charge in [0.15, 0.2) is 17.1 Å². The van der Waals surface area contributed by atoms with Gasteiger partial charge in [0.25, 0.3) is 0 Å². The summed E-state index contributed by atoms with van der Waals surface area (Å²) in [4.78, 5) is 0. The van der Waals surface area contributed by atoms with Gasteiger partial charge in [0.2, 0.25) is 0 Å². The maximum Gasteiger partial charge on any atom is 0.191 e. The summed E-state index contributed by atoms with van der Waals surface area (Å²) in [5.41, 5.74) is 2.14. The number of hydrogen-bond donors (Lipinski definition) is 0. The van der Waals surface area contributed by atoms with E-state index < -0.39 is 0 Å². The SMILES string of the molecule is C=CCn1c(SCc2cccc(OC)c2)nnc1C(C)Oc1ccc(Cl)cc1C. The number of thioether (sulfide) groups is 1. The third-order valence-electron chi connectivity index (χ3n) is 4.36. The highest BCUT2D eigenvalue weighted by molar-refractivity contribution is 7.98. The van der Waals surface area contributed by atoms with E-state index in [0.29, 0.717) is 11.6 Å². The third-order valence-corrected chi connectivity index (χ3v) is 5.64. The standard InChI is InChI=1S/C22H24ClN3O2S/c1-5-11-26-21(16(3)28-20-10-9-18(23)12-15(20)2)24-25-22(26)29-14-17-7-6-8-19(13-17)27-4/h5-10,12-13,16H,1,11,14H2,2-4H3. The van der Waals surface area contributed by atoms with Gasteiger partial charge in [-0.2, -0.15) is 0 Å². The summed E-state index contributed by atoms with van der Waals surface area (Å²) in [5.74, 6) is 3.14. The number of nitrogens with zero attached hydrogens (tertiary/aromatic N) is 3. The normalized spacial score (nSPS) is 11.9. The molecule has 152 valence electrons. The van der Waals surface area contributed by atoms with Gasteiger partial charge in [-0.1, -0.05) is 41.6 Å². The maximum atomic E-state index is 6.14. The molecule has 3 rings (SSSR count). The lowest BCUT2D eigenvalue weighted by Gasteiger charge is -2.17. The number of ether oxygens (including phenoxy) is 2. The van der Waals surface area contributed by atoms with Crippen molar-refractivity contribution in [2.24, 2.45) is 0 Å². The summed E-state index contributed by atoms with van der Waals surface area (Å²) >= 11 is 7.66. The van der Waals surface area contributed by atoms with E-state index in [1.165, 1.54) is 0 Å². The highest BCUT2D eigenvalue weighted by Gasteiger charge is 2.19. The Morgan fingerprint density at radius 1 is 1.24 bits per heavy atom. The molecule has 0 saturated carbocycles. The molecule has 29 heavy (non-hydrogen) atoms. The number of benzene rings is 2. The molecule has 1 heterocycles. The molecule has 0 amide bonds. The van der Waals surface area contributed by atoms with Crippen LogP contribution < -0.4 is 9.47 Å². The lowest BCUT2D eigenvalue weighted by atomic mass is 10.2. The van der Waals surface area contributed by atoms with Gasteiger partial charge in [0.1, 0.15) is 11.5 Å². The van der Waals surface area contributed by atoms with Crippen LogP contribution in [0.5, 0.6) is 11.5 Å². The van der Waals surface area contributed by atoms with E-state index in [-0.39, 0.29) is 6.10 Å². The molecule has 3 aromatic rings. The van der Waals surface area contributed by atoms with Crippen LogP contribution in [0, 0.1) is 6.92 Å². The molecule has 0 bridgehead atoms. The van der Waals surface area contributed by atoms with Gasteiger partial charge in [-0.3, -0.25) is 4.57 Å². The van der Waals surface area contributed by atoms with Crippen LogP contribution in [0.1, 0.15) is 30.0 Å². The van der Waals surface area contributed by atoms with Crippen molar-refractivity contribution >= 4 is 23.4 Å². The maximum absolute atomic E-state index is 6.14. The lowest BCUT2D eigenvalue weighted by molar-refractivity contribution is 0.209. The molecule has 0 saturated heterocycles. The number of methoxy groups -OCH3 is 1. The first-order chi connectivity index (χ1) is 14.0. The molecule has 0 aliphatic heterocycles. The highest BCUT2D eigenvalue weighted by Crippen LogP contribution is 2.29. The van der Waals surface area contributed by atoms with E-state index in [1.807, 2.05) is 60.9 Å². The minimum Gasteiger partial charge on any atom is -0.497 e. The smallest absolute Gasteiger partial charge is 0.191 e. The quantitative estimate of drug-likeness (QED) is 0.314. The van der Waals surface area contributed by atoms with Crippen molar-refractivity contribution in [3.63, 3.8) is 0 Å². The minimum absolute atomic E-state index is 0.270. The van der Waals surface area contributed by atoms with Gasteiger partial charge in [-0.15, -0.1) is 16.8 Å². The Labute approximate surface area is 180 Å². The van der Waals surface area contributed by atoms with E-state index in [4.69, 9.17) is 21.1 Å². The Balaban J connectivity index is 1.77. The first-order valence-electron chi connectivity index (χ1n) is 9.24. The predicted molar refractivity (Wildman–Crippen MR) is 118 cm³/mol. The first-order valence-corrected chi connectivity index (χ1v) is 10.6. The lowest BCUT2D eigenvalue weighted by Crippen LogP contribution is -2.12. The second kappa shape index (κ2) is 9.85. The molecule has 1 aromatic heterocycles. The number of aromatic nitrogens is 3. The fourth-order valence-corrected chi connectivity index (χ4v) is 4.03. The summed E-state index contributed by atoms with van der Waals surface area (Å²) < 4.78 is 13.5.